The molecular weight excluding hydrogens is 184 g/mol. The molecule has 0 atom stereocenters. The third kappa shape index (κ3) is 38.5. The van der Waals surface area contributed by atoms with Crippen molar-refractivity contribution in [2.45, 2.75) is 0 Å². The first-order valence-electron chi connectivity index (χ1n) is 0.644. The summed E-state index contributed by atoms with van der Waals surface area (Å²) in [5.74, 6) is 0. The first-order valence-corrected chi connectivity index (χ1v) is 3.39. The molecule has 0 aromatic heterocycles. The van der Waals surface area contributed by atoms with Crippen molar-refractivity contribution in [3.05, 3.63) is 0 Å². The van der Waals surface area contributed by atoms with E-state index in [0.717, 1.165) is 0 Å². The van der Waals surface area contributed by atoms with Gasteiger partial charge in [0.15, 0.2) is 0 Å². The minimum absolute atomic E-state index is 0.438. The van der Waals surface area contributed by atoms with Gasteiger partial charge in [-0.3, -0.25) is 0 Å². The van der Waals surface area contributed by atoms with Crippen molar-refractivity contribution < 1.29 is 56.1 Å². The maximum atomic E-state index is 8.54. The molecule has 0 spiro atoms. The number of hydrogen-bond acceptors (Lipinski definition) is 3. The van der Waals surface area contributed by atoms with Crippen LogP contribution < -0.4 is 0 Å². The summed E-state index contributed by atoms with van der Waals surface area (Å²) >= 11 is -1.83. The molecular formula is O3ScZr. The van der Waals surface area contributed by atoms with Crippen LogP contribution in [0.25, 0.3) is 0 Å². The summed E-state index contributed by atoms with van der Waals surface area (Å²) in [7, 11) is 0. The zero-order chi connectivity index (χ0) is 4.71. The molecule has 0 aromatic carbocycles. The second kappa shape index (κ2) is 19.2. The van der Waals surface area contributed by atoms with E-state index < -0.39 is 23.2 Å². The quantitative estimate of drug-likeness (QED) is 0.516. The van der Waals surface area contributed by atoms with Crippen LogP contribution in [-0.2, 0) is 56.1 Å². The molecule has 0 aliphatic heterocycles. The fourth-order valence-electron chi connectivity index (χ4n) is 0. The topological polar surface area (TPSA) is 51.2 Å². The van der Waals surface area contributed by atoms with Crippen molar-refractivity contribution >= 4 is 0 Å². The summed E-state index contributed by atoms with van der Waals surface area (Å²) < 4.78 is 25.4. The van der Waals surface area contributed by atoms with Crippen LogP contribution in [0.2, 0.25) is 0 Å². The van der Waals surface area contributed by atoms with Gasteiger partial charge in [0.05, 0.1) is 0 Å². The second-order valence-electron chi connectivity index (χ2n) is 0.0833. The summed E-state index contributed by atoms with van der Waals surface area (Å²) in [4.78, 5) is 0. The molecule has 5 heteroatoms. The van der Waals surface area contributed by atoms with Gasteiger partial charge in [-0.2, -0.15) is 0 Å². The predicted molar refractivity (Wildman–Crippen MR) is 2.06 cm³/mol. The fraction of sp³-hybridized carbons (Fsp3) is 0. The van der Waals surface area contributed by atoms with Crippen LogP contribution >= 0.6 is 0 Å². The Morgan fingerprint density at radius 1 is 1.20 bits per heavy atom. The molecule has 0 radical (unpaired) electrons. The van der Waals surface area contributed by atoms with Gasteiger partial charge in [0.1, 0.15) is 0 Å². The summed E-state index contributed by atoms with van der Waals surface area (Å²) in [6, 6.07) is 0. The van der Waals surface area contributed by atoms with Crippen molar-refractivity contribution in [2.24, 2.45) is 0 Å². The zero-order valence-corrected chi connectivity index (χ0v) is 6.56. The van der Waals surface area contributed by atoms with Gasteiger partial charge in [0.2, 0.25) is 0 Å². The molecule has 5 heavy (non-hydrogen) atoms. The molecule has 0 saturated carbocycles. The van der Waals surface area contributed by atoms with E-state index in [1.54, 1.807) is 0 Å². The van der Waals surface area contributed by atoms with Crippen LogP contribution in [0.5, 0.6) is 0 Å². The molecule has 0 amide bonds. The van der Waals surface area contributed by atoms with Crippen LogP contribution in [-0.4, -0.2) is 0 Å². The third-order valence-corrected chi connectivity index (χ3v) is 0. The molecule has 0 rings (SSSR count). The third-order valence-electron chi connectivity index (χ3n) is 0. The Hall–Kier alpha value is 1.15. The van der Waals surface area contributed by atoms with E-state index in [1.807, 2.05) is 0 Å². The normalized spacial score (nSPS) is 2.80. The van der Waals surface area contributed by atoms with E-state index in [9.17, 15) is 0 Å². The standard InChI is InChI=1S/3O.Sc.Zr. The molecule has 0 unspecified atom stereocenters. The molecule has 0 aliphatic rings. The number of hydrogen-bond donors (Lipinski definition) is 0. The summed E-state index contributed by atoms with van der Waals surface area (Å²) in [6.07, 6.45) is 0. The van der Waals surface area contributed by atoms with E-state index in [2.05, 4.69) is 0 Å². The van der Waals surface area contributed by atoms with Crippen molar-refractivity contribution in [3.8, 4) is 0 Å². The van der Waals surface area contributed by atoms with Crippen LogP contribution in [0, 0.1) is 0 Å². The molecule has 0 saturated heterocycles. The van der Waals surface area contributed by atoms with Gasteiger partial charge in [-0.15, -0.1) is 0 Å². The van der Waals surface area contributed by atoms with Crippen molar-refractivity contribution in [1.29, 1.82) is 0 Å². The van der Waals surface area contributed by atoms with Crippen LogP contribution in [0.15, 0.2) is 0 Å². The summed E-state index contributed by atoms with van der Waals surface area (Å²) in [6.45, 7) is 0. The monoisotopic (exact) mass is 183 g/mol. The van der Waals surface area contributed by atoms with Crippen molar-refractivity contribution in [1.82, 2.24) is 0 Å². The summed E-state index contributed by atoms with van der Waals surface area (Å²) in [5, 5.41) is 0. The Balaban J connectivity index is 0. The van der Waals surface area contributed by atoms with E-state index >= 15 is 0 Å². The summed E-state index contributed by atoms with van der Waals surface area (Å²) in [5.41, 5.74) is 0. The number of rotatable bonds is 0. The van der Waals surface area contributed by atoms with Crippen LogP contribution in [0.1, 0.15) is 0 Å². The Morgan fingerprint density at radius 3 is 1.20 bits per heavy atom. The first-order chi connectivity index (χ1) is 2.41. The predicted octanol–water partition coefficient (Wildman–Crippen LogP) is -0.361. The molecule has 25 valence electrons. The van der Waals surface area contributed by atoms with Gasteiger partial charge in [-0.05, 0) is 0 Å². The molecule has 0 heterocycles. The fourth-order valence-corrected chi connectivity index (χ4v) is 0. The molecule has 3 nitrogen and oxygen atoms in total. The van der Waals surface area contributed by atoms with E-state index in [0.29, 0.717) is 24.4 Å². The average molecular weight is 184 g/mol. The van der Waals surface area contributed by atoms with Crippen LogP contribution in [0.3, 0.4) is 0 Å². The van der Waals surface area contributed by atoms with Gasteiger partial charge >= 0.3 is 56.1 Å². The second-order valence-corrected chi connectivity index (χ2v) is 0.493. The molecule has 0 fully saturated rings. The molecule has 0 N–H and O–H groups in total. The Kier molecular flexibility index (Phi) is 36.3. The Labute approximate surface area is 55.6 Å². The van der Waals surface area contributed by atoms with Gasteiger partial charge in [0, 0.05) is 0 Å². The Morgan fingerprint density at radius 2 is 1.20 bits per heavy atom. The van der Waals surface area contributed by atoms with Gasteiger partial charge in [0.25, 0.3) is 0 Å². The minimum atomic E-state index is -2.27. The van der Waals surface area contributed by atoms with Gasteiger partial charge < -0.3 is 0 Å². The molecule has 0 aliphatic carbocycles. The van der Waals surface area contributed by atoms with E-state index in [1.165, 1.54) is 0 Å². The first kappa shape index (κ1) is 9.47. The van der Waals surface area contributed by atoms with Crippen molar-refractivity contribution in [3.63, 3.8) is 0 Å². The SMILES string of the molecule is [O]=[Sc].[O]=[Zr]=[O]. The average Bonchev–Trinajstić information content (AvgIpc) is 1.46. The molecule has 0 aromatic rings. The Bertz CT molecular complexity index is 36.2. The van der Waals surface area contributed by atoms with E-state index in [-0.39, 0.29) is 0 Å². The van der Waals surface area contributed by atoms with Gasteiger partial charge in [-0.25, -0.2) is 0 Å². The van der Waals surface area contributed by atoms with Crippen molar-refractivity contribution in [2.75, 3.05) is 0 Å². The van der Waals surface area contributed by atoms with Gasteiger partial charge in [-0.1, -0.05) is 0 Å². The van der Waals surface area contributed by atoms with E-state index in [4.69, 9.17) is 8.48 Å². The molecule has 0 bridgehead atoms. The van der Waals surface area contributed by atoms with Crippen LogP contribution in [0.4, 0.5) is 0 Å². The zero-order valence-electron chi connectivity index (χ0n) is 2.30. The maximum absolute atomic E-state index is 8.54.